The molecule has 1 amide bonds. The average Bonchev–Trinajstić information content (AvgIpc) is 3.12. The van der Waals surface area contributed by atoms with E-state index < -0.39 is 0 Å². The van der Waals surface area contributed by atoms with Crippen molar-refractivity contribution in [2.45, 2.75) is 50.1 Å². The number of thioether (sulfide) groups is 1. The van der Waals surface area contributed by atoms with Crippen LogP contribution in [-0.2, 0) is 4.79 Å². The molecule has 0 spiro atoms. The zero-order valence-electron chi connectivity index (χ0n) is 11.5. The van der Waals surface area contributed by atoms with Gasteiger partial charge in [-0.1, -0.05) is 25.6 Å². The largest absolute Gasteiger partial charge is 0.355 e. The number of aromatic nitrogens is 3. The van der Waals surface area contributed by atoms with Gasteiger partial charge in [0.1, 0.15) is 0 Å². The molecule has 6 nitrogen and oxygen atoms in total. The Labute approximate surface area is 116 Å². The van der Waals surface area contributed by atoms with Crippen LogP contribution in [0.4, 0.5) is 0 Å². The maximum Gasteiger partial charge on any atom is 0.344 e. The highest BCUT2D eigenvalue weighted by atomic mass is 32.2. The van der Waals surface area contributed by atoms with Crippen LogP contribution >= 0.6 is 11.8 Å². The van der Waals surface area contributed by atoms with Gasteiger partial charge in [0.2, 0.25) is 5.91 Å². The smallest absolute Gasteiger partial charge is 0.344 e. The molecular weight excluding hydrogens is 264 g/mol. The number of nitrogens with one attached hydrogen (secondary N) is 2. The number of H-pyrrole nitrogens is 1. The van der Waals surface area contributed by atoms with Crippen LogP contribution in [0.3, 0.4) is 0 Å². The Hall–Kier alpha value is -1.24. The molecule has 1 aromatic rings. The minimum absolute atomic E-state index is 0.0171. The van der Waals surface area contributed by atoms with Gasteiger partial charge in [-0.2, -0.15) is 0 Å². The van der Waals surface area contributed by atoms with Crippen LogP contribution < -0.4 is 11.0 Å². The Morgan fingerprint density at radius 3 is 2.79 bits per heavy atom. The Kier molecular flexibility index (Phi) is 4.34. The summed E-state index contributed by atoms with van der Waals surface area (Å²) >= 11 is 1.33. The Balaban J connectivity index is 1.97. The maximum absolute atomic E-state index is 11.9. The molecule has 1 aromatic heterocycles. The standard InChI is InChI=1S/C12H20N4O2S/c1-7(2)6-13-10(17)8(3)19-12-15-14-11(18)16(12)9-4-5-9/h7-9H,4-6H2,1-3H3,(H,13,17)(H,14,18)/t8-/m0/s1. The van der Waals surface area contributed by atoms with E-state index in [-0.39, 0.29) is 22.9 Å². The summed E-state index contributed by atoms with van der Waals surface area (Å²) in [4.78, 5) is 23.5. The van der Waals surface area contributed by atoms with Gasteiger partial charge < -0.3 is 5.32 Å². The minimum Gasteiger partial charge on any atom is -0.355 e. The van der Waals surface area contributed by atoms with Crippen LogP contribution in [0.1, 0.15) is 39.7 Å². The first-order chi connectivity index (χ1) is 8.99. The zero-order chi connectivity index (χ0) is 14.0. The predicted molar refractivity (Wildman–Crippen MR) is 74.3 cm³/mol. The van der Waals surface area contributed by atoms with Gasteiger partial charge in [-0.15, -0.1) is 5.10 Å². The van der Waals surface area contributed by atoms with E-state index in [4.69, 9.17) is 0 Å². The fourth-order valence-corrected chi connectivity index (χ4v) is 2.64. The highest BCUT2D eigenvalue weighted by molar-refractivity contribution is 8.00. The molecule has 0 aromatic carbocycles. The summed E-state index contributed by atoms with van der Waals surface area (Å²) in [5, 5.41) is 9.70. The second kappa shape index (κ2) is 5.81. The van der Waals surface area contributed by atoms with Gasteiger partial charge in [-0.3, -0.25) is 9.36 Å². The molecule has 1 aliphatic rings. The van der Waals surface area contributed by atoms with Crippen molar-refractivity contribution >= 4 is 17.7 Å². The number of hydrogen-bond donors (Lipinski definition) is 2. The second-order valence-corrected chi connectivity index (χ2v) is 6.62. The topological polar surface area (TPSA) is 79.8 Å². The SMILES string of the molecule is CC(C)CNC(=O)[C@H](C)Sc1n[nH]c(=O)n1C1CC1. The van der Waals surface area contributed by atoms with Gasteiger partial charge >= 0.3 is 5.69 Å². The van der Waals surface area contributed by atoms with Crippen molar-refractivity contribution in [3.63, 3.8) is 0 Å². The molecule has 1 fully saturated rings. The molecule has 19 heavy (non-hydrogen) atoms. The number of amides is 1. The van der Waals surface area contributed by atoms with E-state index in [1.54, 1.807) is 4.57 Å². The Bertz CT molecular complexity index is 504. The summed E-state index contributed by atoms with van der Waals surface area (Å²) in [7, 11) is 0. The molecule has 2 rings (SSSR count). The lowest BCUT2D eigenvalue weighted by atomic mass is 10.2. The third kappa shape index (κ3) is 3.62. The highest BCUT2D eigenvalue weighted by Crippen LogP contribution is 2.36. The van der Waals surface area contributed by atoms with Crippen molar-refractivity contribution in [2.24, 2.45) is 5.92 Å². The predicted octanol–water partition coefficient (Wildman–Crippen LogP) is 1.16. The fraction of sp³-hybridized carbons (Fsp3) is 0.750. The molecule has 0 aliphatic heterocycles. The summed E-state index contributed by atoms with van der Waals surface area (Å²) in [5.41, 5.74) is -0.181. The van der Waals surface area contributed by atoms with E-state index in [9.17, 15) is 9.59 Å². The van der Waals surface area contributed by atoms with Crippen molar-refractivity contribution in [1.29, 1.82) is 0 Å². The molecule has 0 bridgehead atoms. The van der Waals surface area contributed by atoms with Crippen LogP contribution in [0.25, 0.3) is 0 Å². The van der Waals surface area contributed by atoms with E-state index in [0.29, 0.717) is 17.6 Å². The molecular formula is C12H20N4O2S. The molecule has 7 heteroatoms. The summed E-state index contributed by atoms with van der Waals surface area (Å²) in [5.74, 6) is 0.410. The molecule has 0 unspecified atom stereocenters. The van der Waals surface area contributed by atoms with E-state index in [0.717, 1.165) is 12.8 Å². The quantitative estimate of drug-likeness (QED) is 0.768. The van der Waals surface area contributed by atoms with Crippen LogP contribution in [0.2, 0.25) is 0 Å². The lowest BCUT2D eigenvalue weighted by molar-refractivity contribution is -0.120. The molecule has 0 saturated heterocycles. The van der Waals surface area contributed by atoms with Crippen molar-refractivity contribution in [2.75, 3.05) is 6.54 Å². The summed E-state index contributed by atoms with van der Waals surface area (Å²) < 4.78 is 1.66. The number of carbonyl (C=O) groups excluding carboxylic acids is 1. The van der Waals surface area contributed by atoms with E-state index >= 15 is 0 Å². The lowest BCUT2D eigenvalue weighted by Crippen LogP contribution is -2.33. The molecule has 1 saturated carbocycles. The fourth-order valence-electron chi connectivity index (χ4n) is 1.69. The Morgan fingerprint density at radius 2 is 2.21 bits per heavy atom. The molecule has 106 valence electrons. The summed E-state index contributed by atoms with van der Waals surface area (Å²) in [6.07, 6.45) is 2.03. The van der Waals surface area contributed by atoms with Crippen LogP contribution in [0, 0.1) is 5.92 Å². The molecule has 2 N–H and O–H groups in total. The van der Waals surface area contributed by atoms with E-state index in [1.165, 1.54) is 11.8 Å². The van der Waals surface area contributed by atoms with Crippen molar-refractivity contribution < 1.29 is 4.79 Å². The van der Waals surface area contributed by atoms with Gasteiger partial charge in [0, 0.05) is 12.6 Å². The van der Waals surface area contributed by atoms with Gasteiger partial charge in [0.05, 0.1) is 5.25 Å². The number of rotatable bonds is 6. The first-order valence-corrected chi connectivity index (χ1v) is 7.48. The van der Waals surface area contributed by atoms with E-state index in [2.05, 4.69) is 29.4 Å². The van der Waals surface area contributed by atoms with E-state index in [1.807, 2.05) is 6.92 Å². The van der Waals surface area contributed by atoms with Gasteiger partial charge in [-0.25, -0.2) is 9.89 Å². The number of aromatic amines is 1. The number of hydrogen-bond acceptors (Lipinski definition) is 4. The minimum atomic E-state index is -0.258. The van der Waals surface area contributed by atoms with Crippen molar-refractivity contribution in [1.82, 2.24) is 20.1 Å². The number of carbonyl (C=O) groups is 1. The third-order valence-electron chi connectivity index (χ3n) is 2.92. The average molecular weight is 284 g/mol. The monoisotopic (exact) mass is 284 g/mol. The van der Waals surface area contributed by atoms with Gasteiger partial charge in [-0.05, 0) is 25.7 Å². The Morgan fingerprint density at radius 1 is 1.53 bits per heavy atom. The van der Waals surface area contributed by atoms with Crippen LogP contribution in [0.15, 0.2) is 9.95 Å². The van der Waals surface area contributed by atoms with Crippen molar-refractivity contribution in [3.8, 4) is 0 Å². The first kappa shape index (κ1) is 14.2. The molecule has 1 heterocycles. The molecule has 0 radical (unpaired) electrons. The molecule has 1 aliphatic carbocycles. The summed E-state index contributed by atoms with van der Waals surface area (Å²) in [6.45, 7) is 6.60. The van der Waals surface area contributed by atoms with Crippen LogP contribution in [0.5, 0.6) is 0 Å². The maximum atomic E-state index is 11.9. The second-order valence-electron chi connectivity index (χ2n) is 5.31. The van der Waals surface area contributed by atoms with Gasteiger partial charge in [0.25, 0.3) is 0 Å². The highest BCUT2D eigenvalue weighted by Gasteiger charge is 2.30. The third-order valence-corrected chi connectivity index (χ3v) is 3.99. The normalized spacial score (nSPS) is 16.6. The first-order valence-electron chi connectivity index (χ1n) is 6.60. The lowest BCUT2D eigenvalue weighted by Gasteiger charge is -2.13. The van der Waals surface area contributed by atoms with Crippen LogP contribution in [-0.4, -0.2) is 32.5 Å². The molecule has 1 atom stereocenters. The summed E-state index contributed by atoms with van der Waals surface area (Å²) in [6, 6.07) is 0.264. The number of nitrogens with zero attached hydrogens (tertiary/aromatic N) is 2. The zero-order valence-corrected chi connectivity index (χ0v) is 12.3. The van der Waals surface area contributed by atoms with Crippen molar-refractivity contribution in [3.05, 3.63) is 10.5 Å². The van der Waals surface area contributed by atoms with Gasteiger partial charge in [0.15, 0.2) is 5.16 Å².